The second-order valence-corrected chi connectivity index (χ2v) is 4.34. The third-order valence-corrected chi connectivity index (χ3v) is 2.10. The number of benzene rings is 1. The van der Waals surface area contributed by atoms with E-state index in [1.807, 2.05) is 31.2 Å². The molecule has 1 atom stereocenters. The second kappa shape index (κ2) is 4.42. The fourth-order valence-corrected chi connectivity index (χ4v) is 0.993. The van der Waals surface area contributed by atoms with Gasteiger partial charge < -0.3 is 5.32 Å². The van der Waals surface area contributed by atoms with Gasteiger partial charge in [0.25, 0.3) is 0 Å². The van der Waals surface area contributed by atoms with Crippen LogP contribution in [0.5, 0.6) is 0 Å². The second-order valence-electron chi connectivity index (χ2n) is 2.97. The molecular formula is C10H12BrNO. The van der Waals surface area contributed by atoms with Gasteiger partial charge in [-0.05, 0) is 26.0 Å². The Balaban J connectivity index is 2.65. The van der Waals surface area contributed by atoms with Crippen molar-refractivity contribution in [3.8, 4) is 0 Å². The zero-order valence-corrected chi connectivity index (χ0v) is 9.26. The molecule has 1 aromatic rings. The molecule has 1 N–H and O–H groups in total. The number of hydrogen-bond donors (Lipinski definition) is 1. The smallest absolute Gasteiger partial charge is 0.237 e. The number of carbonyl (C=O) groups is 1. The van der Waals surface area contributed by atoms with E-state index in [9.17, 15) is 4.79 Å². The summed E-state index contributed by atoms with van der Waals surface area (Å²) in [5.74, 6) is -0.0242. The Kier molecular flexibility index (Phi) is 3.48. The van der Waals surface area contributed by atoms with Crippen molar-refractivity contribution < 1.29 is 4.79 Å². The maximum atomic E-state index is 11.2. The Labute approximate surface area is 86.5 Å². The maximum Gasteiger partial charge on any atom is 0.237 e. The summed E-state index contributed by atoms with van der Waals surface area (Å²) in [6.45, 7) is 3.81. The fraction of sp³-hybridized carbons (Fsp3) is 0.300. The SMILES string of the molecule is Cc1ccc(NC(=O)[C@H](C)Br)cc1. The number of anilines is 1. The number of carbonyl (C=O) groups excluding carboxylic acids is 1. The van der Waals surface area contributed by atoms with E-state index in [1.165, 1.54) is 5.56 Å². The lowest BCUT2D eigenvalue weighted by atomic mass is 10.2. The Morgan fingerprint density at radius 1 is 1.38 bits per heavy atom. The van der Waals surface area contributed by atoms with Crippen LogP contribution in [0.1, 0.15) is 12.5 Å². The summed E-state index contributed by atoms with van der Waals surface area (Å²) in [5.41, 5.74) is 2.02. The highest BCUT2D eigenvalue weighted by Gasteiger charge is 2.07. The summed E-state index contributed by atoms with van der Waals surface area (Å²) < 4.78 is 0. The van der Waals surface area contributed by atoms with Gasteiger partial charge in [-0.15, -0.1) is 0 Å². The van der Waals surface area contributed by atoms with Crippen LogP contribution >= 0.6 is 15.9 Å². The number of halogens is 1. The molecule has 0 saturated heterocycles. The highest BCUT2D eigenvalue weighted by molar-refractivity contribution is 9.10. The number of amides is 1. The van der Waals surface area contributed by atoms with Crippen LogP contribution in [0.4, 0.5) is 5.69 Å². The van der Waals surface area contributed by atoms with Gasteiger partial charge in [-0.3, -0.25) is 4.79 Å². The predicted octanol–water partition coefficient (Wildman–Crippen LogP) is 2.72. The molecule has 1 amide bonds. The summed E-state index contributed by atoms with van der Waals surface area (Å²) in [7, 11) is 0. The minimum Gasteiger partial charge on any atom is -0.325 e. The van der Waals surface area contributed by atoms with Crippen molar-refractivity contribution in [3.05, 3.63) is 29.8 Å². The monoisotopic (exact) mass is 241 g/mol. The number of hydrogen-bond acceptors (Lipinski definition) is 1. The molecule has 0 aromatic heterocycles. The normalized spacial score (nSPS) is 12.2. The third kappa shape index (κ3) is 3.19. The zero-order valence-electron chi connectivity index (χ0n) is 7.67. The molecule has 0 bridgehead atoms. The Hall–Kier alpha value is -0.830. The first-order valence-electron chi connectivity index (χ1n) is 4.11. The maximum absolute atomic E-state index is 11.2. The van der Waals surface area contributed by atoms with Crippen molar-refractivity contribution in [2.45, 2.75) is 18.7 Å². The molecule has 0 aliphatic carbocycles. The Morgan fingerprint density at radius 2 is 1.92 bits per heavy atom. The molecule has 13 heavy (non-hydrogen) atoms. The average Bonchev–Trinajstić information content (AvgIpc) is 2.08. The van der Waals surface area contributed by atoms with Crippen molar-refractivity contribution in [1.82, 2.24) is 0 Å². The summed E-state index contributed by atoms with van der Waals surface area (Å²) in [6, 6.07) is 7.72. The van der Waals surface area contributed by atoms with Gasteiger partial charge in [0.2, 0.25) is 5.91 Å². The van der Waals surface area contributed by atoms with E-state index in [2.05, 4.69) is 21.2 Å². The van der Waals surface area contributed by atoms with Gasteiger partial charge in [0.15, 0.2) is 0 Å². The van der Waals surface area contributed by atoms with Crippen molar-refractivity contribution >= 4 is 27.5 Å². The molecule has 3 heteroatoms. The molecule has 1 aromatic carbocycles. The van der Waals surface area contributed by atoms with Crippen molar-refractivity contribution in [1.29, 1.82) is 0 Å². The number of rotatable bonds is 2. The van der Waals surface area contributed by atoms with Crippen LogP contribution in [0.15, 0.2) is 24.3 Å². The van der Waals surface area contributed by atoms with Crippen LogP contribution in [-0.2, 0) is 4.79 Å². The molecule has 0 aliphatic rings. The minimum absolute atomic E-state index is 0.0242. The summed E-state index contributed by atoms with van der Waals surface area (Å²) in [6.07, 6.45) is 0. The lowest BCUT2D eigenvalue weighted by Gasteiger charge is -2.06. The third-order valence-electron chi connectivity index (χ3n) is 1.68. The molecule has 0 heterocycles. The number of nitrogens with one attached hydrogen (secondary N) is 1. The average molecular weight is 242 g/mol. The van der Waals surface area contributed by atoms with E-state index < -0.39 is 0 Å². The molecular weight excluding hydrogens is 230 g/mol. The molecule has 0 saturated carbocycles. The molecule has 0 spiro atoms. The Bertz CT molecular complexity index is 292. The summed E-state index contributed by atoms with van der Waals surface area (Å²) in [5, 5.41) is 2.78. The zero-order chi connectivity index (χ0) is 9.84. The van der Waals surface area contributed by atoms with Crippen LogP contribution in [0.25, 0.3) is 0 Å². The van der Waals surface area contributed by atoms with Gasteiger partial charge in [-0.2, -0.15) is 0 Å². The molecule has 0 unspecified atom stereocenters. The Morgan fingerprint density at radius 3 is 2.38 bits per heavy atom. The van der Waals surface area contributed by atoms with Gasteiger partial charge in [0.1, 0.15) is 0 Å². The van der Waals surface area contributed by atoms with Crippen LogP contribution < -0.4 is 5.32 Å². The van der Waals surface area contributed by atoms with E-state index in [4.69, 9.17) is 0 Å². The van der Waals surface area contributed by atoms with Gasteiger partial charge >= 0.3 is 0 Å². The molecule has 70 valence electrons. The first-order valence-corrected chi connectivity index (χ1v) is 5.03. The lowest BCUT2D eigenvalue weighted by molar-refractivity contribution is -0.115. The van der Waals surface area contributed by atoms with Gasteiger partial charge in [-0.25, -0.2) is 0 Å². The van der Waals surface area contributed by atoms with Gasteiger partial charge in [0, 0.05) is 5.69 Å². The minimum atomic E-state index is -0.159. The largest absolute Gasteiger partial charge is 0.325 e. The molecule has 2 nitrogen and oxygen atoms in total. The van der Waals surface area contributed by atoms with E-state index in [-0.39, 0.29) is 10.7 Å². The van der Waals surface area contributed by atoms with Crippen LogP contribution in [0.3, 0.4) is 0 Å². The molecule has 0 fully saturated rings. The number of alkyl halides is 1. The topological polar surface area (TPSA) is 29.1 Å². The predicted molar refractivity (Wildman–Crippen MR) is 58.2 cm³/mol. The molecule has 0 aliphatic heterocycles. The highest BCUT2D eigenvalue weighted by atomic mass is 79.9. The summed E-state index contributed by atoms with van der Waals surface area (Å²) in [4.78, 5) is 11.1. The quantitative estimate of drug-likeness (QED) is 0.793. The highest BCUT2D eigenvalue weighted by Crippen LogP contribution is 2.10. The van der Waals surface area contributed by atoms with E-state index >= 15 is 0 Å². The molecule has 1 rings (SSSR count). The van der Waals surface area contributed by atoms with E-state index in [0.717, 1.165) is 5.69 Å². The summed E-state index contributed by atoms with van der Waals surface area (Å²) >= 11 is 3.20. The first kappa shape index (κ1) is 10.3. The van der Waals surface area contributed by atoms with E-state index in [1.54, 1.807) is 6.92 Å². The van der Waals surface area contributed by atoms with Crippen LogP contribution in [0.2, 0.25) is 0 Å². The standard InChI is InChI=1S/C10H12BrNO/c1-7-3-5-9(6-4-7)12-10(13)8(2)11/h3-6,8H,1-2H3,(H,12,13)/t8-/m0/s1. The lowest BCUT2D eigenvalue weighted by Crippen LogP contribution is -2.19. The van der Waals surface area contributed by atoms with Crippen molar-refractivity contribution in [3.63, 3.8) is 0 Å². The first-order chi connectivity index (χ1) is 6.09. The number of aryl methyl sites for hydroxylation is 1. The van der Waals surface area contributed by atoms with Gasteiger partial charge in [-0.1, -0.05) is 33.6 Å². The van der Waals surface area contributed by atoms with Crippen LogP contribution in [-0.4, -0.2) is 10.7 Å². The molecule has 0 radical (unpaired) electrons. The van der Waals surface area contributed by atoms with Crippen molar-refractivity contribution in [2.75, 3.05) is 5.32 Å². The van der Waals surface area contributed by atoms with E-state index in [0.29, 0.717) is 0 Å². The fourth-order valence-electron chi connectivity index (χ4n) is 0.879. The van der Waals surface area contributed by atoms with Crippen LogP contribution in [0, 0.1) is 6.92 Å². The van der Waals surface area contributed by atoms with Gasteiger partial charge in [0.05, 0.1) is 4.83 Å². The van der Waals surface area contributed by atoms with Crippen molar-refractivity contribution in [2.24, 2.45) is 0 Å².